The Balaban J connectivity index is 1.63. The molecule has 3 atom stereocenters. The fraction of sp³-hybridized carbons (Fsp3) is 0.433. The molecule has 0 spiro atoms. The van der Waals surface area contributed by atoms with Crippen molar-refractivity contribution in [3.63, 3.8) is 0 Å². The van der Waals surface area contributed by atoms with Crippen LogP contribution in [0.1, 0.15) is 63.9 Å². The van der Waals surface area contributed by atoms with Crippen LogP contribution in [0, 0.1) is 11.3 Å². The molecule has 1 aliphatic rings. The molecule has 2 amide bonds. The van der Waals surface area contributed by atoms with Crippen LogP contribution in [0.4, 0.5) is 0 Å². The van der Waals surface area contributed by atoms with E-state index in [0.29, 0.717) is 13.0 Å². The average molecular weight is 502 g/mol. The Morgan fingerprint density at radius 1 is 1.05 bits per heavy atom. The molecule has 2 aromatic carbocycles. The molecule has 0 bridgehead atoms. The molecule has 1 aromatic heterocycles. The number of aromatic nitrogens is 2. The zero-order valence-electron chi connectivity index (χ0n) is 22.1. The predicted octanol–water partition coefficient (Wildman–Crippen LogP) is 4.44. The number of carbonyl (C=O) groups excluding carboxylic acids is 2. The third-order valence-corrected chi connectivity index (χ3v) is 7.08. The quantitative estimate of drug-likeness (QED) is 0.425. The maximum absolute atomic E-state index is 13.6. The highest BCUT2D eigenvalue weighted by Crippen LogP contribution is 2.35. The van der Waals surface area contributed by atoms with Crippen LogP contribution in [-0.2, 0) is 16.1 Å². The molecule has 1 aliphatic carbocycles. The molecule has 4 rings (SSSR count). The standard InChI is InChI=1S/C30H39N5O2/c1-30(2,3)27(34-29(37)23-15-10-16-24(17-23)32-26(36)18-31)28-33-25(22-13-8-5-9-14-22)20-35(28)19-21-11-6-4-7-12-21/h4-9,11-14,20,23-24,27H,10,15-19,31H2,1-3H3,(H,32,36)(H,34,37)/t23?,24?,27-/m0/s1. The summed E-state index contributed by atoms with van der Waals surface area (Å²) >= 11 is 0. The topological polar surface area (TPSA) is 102 Å². The lowest BCUT2D eigenvalue weighted by Crippen LogP contribution is -2.46. The van der Waals surface area contributed by atoms with Gasteiger partial charge in [0.25, 0.3) is 0 Å². The van der Waals surface area contributed by atoms with Gasteiger partial charge >= 0.3 is 0 Å². The SMILES string of the molecule is CC(C)(C)[C@@H](NC(=O)C1CCCC(NC(=O)CN)C1)c1nc(-c2ccccc2)cn1Cc1ccccc1. The van der Waals surface area contributed by atoms with Crippen molar-refractivity contribution in [2.45, 2.75) is 65.1 Å². The molecule has 0 aliphatic heterocycles. The molecule has 4 N–H and O–H groups in total. The Morgan fingerprint density at radius 2 is 1.73 bits per heavy atom. The second-order valence-corrected chi connectivity index (χ2v) is 11.1. The van der Waals surface area contributed by atoms with Crippen molar-refractivity contribution in [1.82, 2.24) is 20.2 Å². The number of benzene rings is 2. The van der Waals surface area contributed by atoms with Crippen LogP contribution in [0.15, 0.2) is 66.9 Å². The zero-order chi connectivity index (χ0) is 26.4. The van der Waals surface area contributed by atoms with Gasteiger partial charge in [0.15, 0.2) is 0 Å². The van der Waals surface area contributed by atoms with Gasteiger partial charge in [-0.2, -0.15) is 0 Å². The average Bonchev–Trinajstić information content (AvgIpc) is 3.30. The van der Waals surface area contributed by atoms with Gasteiger partial charge in [0, 0.05) is 30.3 Å². The fourth-order valence-electron chi connectivity index (χ4n) is 5.09. The molecule has 37 heavy (non-hydrogen) atoms. The Bertz CT molecular complexity index is 1180. The van der Waals surface area contributed by atoms with Crippen LogP contribution < -0.4 is 16.4 Å². The van der Waals surface area contributed by atoms with Crippen LogP contribution in [0.5, 0.6) is 0 Å². The Labute approximate surface area is 219 Å². The zero-order valence-corrected chi connectivity index (χ0v) is 22.1. The molecule has 2 unspecified atom stereocenters. The van der Waals surface area contributed by atoms with E-state index in [1.807, 2.05) is 36.4 Å². The molecule has 1 fully saturated rings. The van der Waals surface area contributed by atoms with Crippen molar-refractivity contribution >= 4 is 11.8 Å². The number of nitrogens with one attached hydrogen (secondary N) is 2. The summed E-state index contributed by atoms with van der Waals surface area (Å²) in [5.41, 5.74) is 8.30. The van der Waals surface area contributed by atoms with Crippen LogP contribution in [0.3, 0.4) is 0 Å². The van der Waals surface area contributed by atoms with Crippen LogP contribution >= 0.6 is 0 Å². The van der Waals surface area contributed by atoms with Crippen molar-refractivity contribution in [3.05, 3.63) is 78.2 Å². The first-order valence-corrected chi connectivity index (χ1v) is 13.2. The fourth-order valence-corrected chi connectivity index (χ4v) is 5.09. The summed E-state index contributed by atoms with van der Waals surface area (Å²) in [7, 11) is 0. The number of imidazole rings is 1. The summed E-state index contributed by atoms with van der Waals surface area (Å²) in [6.45, 7) is 7.02. The number of carbonyl (C=O) groups is 2. The second-order valence-electron chi connectivity index (χ2n) is 11.1. The van der Waals surface area contributed by atoms with E-state index >= 15 is 0 Å². The third-order valence-electron chi connectivity index (χ3n) is 7.08. The van der Waals surface area contributed by atoms with Crippen molar-refractivity contribution in [1.29, 1.82) is 0 Å². The summed E-state index contributed by atoms with van der Waals surface area (Å²) in [5, 5.41) is 6.33. The number of nitrogens with zero attached hydrogens (tertiary/aromatic N) is 2. The van der Waals surface area contributed by atoms with Gasteiger partial charge in [0.1, 0.15) is 5.82 Å². The normalized spacial score (nSPS) is 18.7. The Hall–Kier alpha value is -3.45. The molecule has 7 nitrogen and oxygen atoms in total. The molecule has 7 heteroatoms. The van der Waals surface area contributed by atoms with E-state index in [4.69, 9.17) is 10.7 Å². The number of nitrogens with two attached hydrogens (primary N) is 1. The van der Waals surface area contributed by atoms with E-state index in [1.165, 1.54) is 5.56 Å². The highest BCUT2D eigenvalue weighted by Gasteiger charge is 2.35. The molecule has 1 saturated carbocycles. The minimum Gasteiger partial charge on any atom is -0.352 e. The van der Waals surface area contributed by atoms with Gasteiger partial charge in [-0.15, -0.1) is 0 Å². The molecule has 196 valence electrons. The van der Waals surface area contributed by atoms with E-state index in [2.05, 4.69) is 66.4 Å². The Morgan fingerprint density at radius 3 is 2.38 bits per heavy atom. The maximum Gasteiger partial charge on any atom is 0.233 e. The van der Waals surface area contributed by atoms with Crippen LogP contribution in [0.25, 0.3) is 11.3 Å². The lowest BCUT2D eigenvalue weighted by atomic mass is 9.82. The monoisotopic (exact) mass is 501 g/mol. The summed E-state index contributed by atoms with van der Waals surface area (Å²) in [5.74, 6) is 0.525. The molecule has 0 saturated heterocycles. The van der Waals surface area contributed by atoms with Gasteiger partial charge < -0.3 is 20.9 Å². The summed E-state index contributed by atoms with van der Waals surface area (Å²) in [6.07, 6.45) is 5.30. The third kappa shape index (κ3) is 6.86. The minimum absolute atomic E-state index is 0.0154. The van der Waals surface area contributed by atoms with Crippen molar-refractivity contribution in [2.24, 2.45) is 17.1 Å². The number of hydrogen-bond donors (Lipinski definition) is 3. The number of rotatable bonds is 8. The van der Waals surface area contributed by atoms with Crippen molar-refractivity contribution in [2.75, 3.05) is 6.54 Å². The summed E-state index contributed by atoms with van der Waals surface area (Å²) in [4.78, 5) is 30.5. The second kappa shape index (κ2) is 11.7. The maximum atomic E-state index is 13.6. The van der Waals surface area contributed by atoms with Crippen molar-refractivity contribution in [3.8, 4) is 11.3 Å². The van der Waals surface area contributed by atoms with E-state index in [-0.39, 0.29) is 41.8 Å². The van der Waals surface area contributed by atoms with E-state index < -0.39 is 0 Å². The molecule has 3 aromatic rings. The smallest absolute Gasteiger partial charge is 0.233 e. The molecule has 1 heterocycles. The largest absolute Gasteiger partial charge is 0.352 e. The van der Waals surface area contributed by atoms with E-state index in [9.17, 15) is 9.59 Å². The highest BCUT2D eigenvalue weighted by molar-refractivity contribution is 5.80. The summed E-state index contributed by atoms with van der Waals surface area (Å²) < 4.78 is 2.17. The van der Waals surface area contributed by atoms with Gasteiger partial charge in [-0.05, 0) is 30.2 Å². The molecular weight excluding hydrogens is 462 g/mol. The van der Waals surface area contributed by atoms with Crippen LogP contribution in [-0.4, -0.2) is 34.0 Å². The van der Waals surface area contributed by atoms with E-state index in [1.54, 1.807) is 0 Å². The van der Waals surface area contributed by atoms with Crippen molar-refractivity contribution < 1.29 is 9.59 Å². The number of hydrogen-bond acceptors (Lipinski definition) is 4. The lowest BCUT2D eigenvalue weighted by Gasteiger charge is -2.34. The highest BCUT2D eigenvalue weighted by atomic mass is 16.2. The first-order chi connectivity index (χ1) is 17.7. The summed E-state index contributed by atoms with van der Waals surface area (Å²) in [6, 6.07) is 20.1. The van der Waals surface area contributed by atoms with Gasteiger partial charge in [-0.25, -0.2) is 4.98 Å². The van der Waals surface area contributed by atoms with Gasteiger partial charge in [0.05, 0.1) is 18.3 Å². The number of amides is 2. The first kappa shape index (κ1) is 26.6. The minimum atomic E-state index is -0.291. The van der Waals surface area contributed by atoms with Gasteiger partial charge in [0.2, 0.25) is 11.8 Å². The van der Waals surface area contributed by atoms with E-state index in [0.717, 1.165) is 36.3 Å². The predicted molar refractivity (Wildman–Crippen MR) is 146 cm³/mol. The Kier molecular flexibility index (Phi) is 8.44. The molecular formula is C30H39N5O2. The molecule has 0 radical (unpaired) electrons. The lowest BCUT2D eigenvalue weighted by molar-refractivity contribution is -0.129. The first-order valence-electron chi connectivity index (χ1n) is 13.2. The van der Waals surface area contributed by atoms with Gasteiger partial charge in [-0.3, -0.25) is 9.59 Å². The van der Waals surface area contributed by atoms with Crippen LogP contribution in [0.2, 0.25) is 0 Å². The van der Waals surface area contributed by atoms with Gasteiger partial charge in [-0.1, -0.05) is 87.9 Å².